The van der Waals surface area contributed by atoms with Gasteiger partial charge in [-0.05, 0) is 35.3 Å². The molecule has 1 saturated heterocycles. The Bertz CT molecular complexity index is 546. The molecule has 0 radical (unpaired) electrons. The molecular weight excluding hydrogens is 266 g/mol. The predicted octanol–water partition coefficient (Wildman–Crippen LogP) is 4.02. The molecule has 2 heterocycles. The van der Waals surface area contributed by atoms with Gasteiger partial charge in [0, 0.05) is 17.5 Å². The van der Waals surface area contributed by atoms with Crippen LogP contribution in [0.3, 0.4) is 0 Å². The smallest absolute Gasteiger partial charge is 0.0924 e. The Kier molecular flexibility index (Phi) is 3.74. The van der Waals surface area contributed by atoms with Crippen LogP contribution < -0.4 is 5.32 Å². The summed E-state index contributed by atoms with van der Waals surface area (Å²) >= 11 is 2.05. The van der Waals surface area contributed by atoms with E-state index in [9.17, 15) is 0 Å². The minimum absolute atomic E-state index is 0.368. The number of H-pyrrole nitrogens is 1. The molecule has 0 bridgehead atoms. The number of aromatic amines is 1. The molecule has 1 aliphatic rings. The van der Waals surface area contributed by atoms with Crippen LogP contribution in [0.15, 0.2) is 36.8 Å². The Balaban J connectivity index is 1.72. The van der Waals surface area contributed by atoms with E-state index in [0.29, 0.717) is 11.5 Å². The number of hydrogen-bond acceptors (Lipinski definition) is 3. The molecular formula is C16H21N3S. The fourth-order valence-electron chi connectivity index (χ4n) is 2.53. The molecule has 4 heteroatoms. The maximum Gasteiger partial charge on any atom is 0.0924 e. The second kappa shape index (κ2) is 5.52. The number of nitrogens with one attached hydrogen (secondary N) is 2. The van der Waals surface area contributed by atoms with Gasteiger partial charge >= 0.3 is 0 Å². The van der Waals surface area contributed by atoms with E-state index in [4.69, 9.17) is 0 Å². The molecule has 1 aliphatic heterocycles. The lowest BCUT2D eigenvalue weighted by atomic mass is 9.82. The Morgan fingerprint density at radius 2 is 2.10 bits per heavy atom. The average Bonchev–Trinajstić information content (AvgIpc) is 2.96. The summed E-state index contributed by atoms with van der Waals surface area (Å²) in [5.41, 5.74) is 3.80. The number of benzene rings is 1. The zero-order valence-corrected chi connectivity index (χ0v) is 12.8. The summed E-state index contributed by atoms with van der Waals surface area (Å²) in [6, 6.07) is 9.13. The summed E-state index contributed by atoms with van der Waals surface area (Å²) in [5, 5.41) is 3.70. The maximum atomic E-state index is 4.06. The molecule has 1 unspecified atom stereocenters. The summed E-state index contributed by atoms with van der Waals surface area (Å²) in [7, 11) is 0. The quantitative estimate of drug-likeness (QED) is 0.895. The van der Waals surface area contributed by atoms with Crippen LogP contribution in [-0.2, 0) is 0 Å². The van der Waals surface area contributed by atoms with E-state index in [1.165, 1.54) is 29.2 Å². The number of rotatable bonds is 3. The molecule has 2 aromatic rings. The van der Waals surface area contributed by atoms with Gasteiger partial charge in [-0.1, -0.05) is 26.0 Å². The number of aromatic nitrogens is 2. The fraction of sp³-hybridized carbons (Fsp3) is 0.438. The summed E-state index contributed by atoms with van der Waals surface area (Å²) in [6.07, 6.45) is 4.84. The second-order valence-corrected chi connectivity index (χ2v) is 7.20. The van der Waals surface area contributed by atoms with Gasteiger partial charge in [0.15, 0.2) is 0 Å². The maximum absolute atomic E-state index is 4.06. The van der Waals surface area contributed by atoms with Gasteiger partial charge in [-0.3, -0.25) is 0 Å². The molecule has 3 nitrogen and oxygen atoms in total. The van der Waals surface area contributed by atoms with Crippen molar-refractivity contribution in [2.45, 2.75) is 26.3 Å². The average molecular weight is 287 g/mol. The first-order valence-corrected chi connectivity index (χ1v) is 8.24. The van der Waals surface area contributed by atoms with Crippen molar-refractivity contribution >= 4 is 17.4 Å². The van der Waals surface area contributed by atoms with Gasteiger partial charge in [0.25, 0.3) is 0 Å². The van der Waals surface area contributed by atoms with Crippen molar-refractivity contribution in [3.8, 4) is 11.3 Å². The molecule has 3 rings (SSSR count). The second-order valence-electron chi connectivity index (χ2n) is 6.05. The fourth-order valence-corrected chi connectivity index (χ4v) is 4.14. The molecule has 1 atom stereocenters. The minimum Gasteiger partial charge on any atom is -0.381 e. The third-order valence-electron chi connectivity index (χ3n) is 4.15. The zero-order valence-electron chi connectivity index (χ0n) is 12.0. The third kappa shape index (κ3) is 2.85. The van der Waals surface area contributed by atoms with Crippen molar-refractivity contribution in [3.63, 3.8) is 0 Å². The van der Waals surface area contributed by atoms with Crippen LogP contribution >= 0.6 is 11.8 Å². The molecule has 0 saturated carbocycles. The molecule has 0 amide bonds. The molecule has 0 spiro atoms. The standard InChI is InChI=1S/C16H21N3S/c1-16(2)7-8-20-10-15(16)19-13-5-3-12(4-6-13)14-9-17-11-18-14/h3-6,9,11,15,19H,7-8,10H2,1-2H3,(H,17,18). The third-order valence-corrected chi connectivity index (χ3v) is 5.22. The number of thioether (sulfide) groups is 1. The Hall–Kier alpha value is -1.42. The molecule has 0 aliphatic carbocycles. The molecule has 1 aromatic carbocycles. The first-order chi connectivity index (χ1) is 9.65. The lowest BCUT2D eigenvalue weighted by Gasteiger charge is -2.39. The van der Waals surface area contributed by atoms with Crippen LogP contribution in [0.1, 0.15) is 20.3 Å². The zero-order chi connectivity index (χ0) is 14.0. The van der Waals surface area contributed by atoms with E-state index in [-0.39, 0.29) is 0 Å². The lowest BCUT2D eigenvalue weighted by Crippen LogP contribution is -2.41. The predicted molar refractivity (Wildman–Crippen MR) is 87.2 cm³/mol. The number of nitrogens with zero attached hydrogens (tertiary/aromatic N) is 1. The van der Waals surface area contributed by atoms with Crippen molar-refractivity contribution < 1.29 is 0 Å². The summed E-state index contributed by atoms with van der Waals surface area (Å²) in [4.78, 5) is 7.19. The number of anilines is 1. The van der Waals surface area contributed by atoms with E-state index < -0.39 is 0 Å². The van der Waals surface area contributed by atoms with Crippen LogP contribution in [-0.4, -0.2) is 27.5 Å². The summed E-state index contributed by atoms with van der Waals surface area (Å²) in [5.74, 6) is 2.47. The van der Waals surface area contributed by atoms with E-state index in [1.807, 2.05) is 18.0 Å². The number of imidazole rings is 1. The Labute approximate surface area is 124 Å². The van der Waals surface area contributed by atoms with Gasteiger partial charge in [0.1, 0.15) is 0 Å². The topological polar surface area (TPSA) is 40.7 Å². The lowest BCUT2D eigenvalue weighted by molar-refractivity contribution is 0.305. The van der Waals surface area contributed by atoms with Crippen molar-refractivity contribution in [3.05, 3.63) is 36.8 Å². The van der Waals surface area contributed by atoms with Gasteiger partial charge in [-0.25, -0.2) is 4.98 Å². The Morgan fingerprint density at radius 1 is 1.30 bits per heavy atom. The highest BCUT2D eigenvalue weighted by atomic mass is 32.2. The largest absolute Gasteiger partial charge is 0.381 e. The molecule has 1 aromatic heterocycles. The van der Waals surface area contributed by atoms with E-state index in [0.717, 1.165) is 5.69 Å². The normalized spacial score (nSPS) is 21.6. The van der Waals surface area contributed by atoms with Crippen molar-refractivity contribution in [2.75, 3.05) is 16.8 Å². The summed E-state index contributed by atoms with van der Waals surface area (Å²) < 4.78 is 0. The molecule has 20 heavy (non-hydrogen) atoms. The van der Waals surface area contributed by atoms with Crippen molar-refractivity contribution in [2.24, 2.45) is 5.41 Å². The van der Waals surface area contributed by atoms with E-state index in [2.05, 4.69) is 53.4 Å². The van der Waals surface area contributed by atoms with Crippen molar-refractivity contribution in [1.29, 1.82) is 0 Å². The monoisotopic (exact) mass is 287 g/mol. The minimum atomic E-state index is 0.368. The van der Waals surface area contributed by atoms with Crippen LogP contribution in [0.25, 0.3) is 11.3 Å². The Morgan fingerprint density at radius 3 is 2.75 bits per heavy atom. The van der Waals surface area contributed by atoms with Crippen LogP contribution in [0.4, 0.5) is 5.69 Å². The van der Waals surface area contributed by atoms with E-state index in [1.54, 1.807) is 6.33 Å². The van der Waals surface area contributed by atoms with Gasteiger partial charge in [-0.2, -0.15) is 11.8 Å². The van der Waals surface area contributed by atoms with Crippen molar-refractivity contribution in [1.82, 2.24) is 9.97 Å². The molecule has 2 N–H and O–H groups in total. The SMILES string of the molecule is CC1(C)CCSCC1Nc1ccc(-c2cnc[nH]2)cc1. The van der Waals surface area contributed by atoms with Crippen LogP contribution in [0.5, 0.6) is 0 Å². The molecule has 1 fully saturated rings. The summed E-state index contributed by atoms with van der Waals surface area (Å²) in [6.45, 7) is 4.73. The van der Waals surface area contributed by atoms with Gasteiger partial charge in [-0.15, -0.1) is 0 Å². The van der Waals surface area contributed by atoms with Gasteiger partial charge in [0.2, 0.25) is 0 Å². The van der Waals surface area contributed by atoms with Crippen LogP contribution in [0.2, 0.25) is 0 Å². The highest BCUT2D eigenvalue weighted by molar-refractivity contribution is 7.99. The first-order valence-electron chi connectivity index (χ1n) is 7.08. The number of hydrogen-bond donors (Lipinski definition) is 2. The highest BCUT2D eigenvalue weighted by Gasteiger charge is 2.32. The van der Waals surface area contributed by atoms with E-state index >= 15 is 0 Å². The van der Waals surface area contributed by atoms with Gasteiger partial charge < -0.3 is 10.3 Å². The van der Waals surface area contributed by atoms with Gasteiger partial charge in [0.05, 0.1) is 18.2 Å². The highest BCUT2D eigenvalue weighted by Crippen LogP contribution is 2.36. The van der Waals surface area contributed by atoms with Crippen LogP contribution in [0, 0.1) is 5.41 Å². The molecule has 106 valence electrons. The first kappa shape index (κ1) is 13.6.